The lowest BCUT2D eigenvalue weighted by Gasteiger charge is -2.09. The maximum atomic E-state index is 8.88. The van der Waals surface area contributed by atoms with Gasteiger partial charge in [0.1, 0.15) is 0 Å². The van der Waals surface area contributed by atoms with E-state index in [-0.39, 0.29) is 5.84 Å². The molecule has 20 heavy (non-hydrogen) atoms. The van der Waals surface area contributed by atoms with Crippen molar-refractivity contribution in [2.24, 2.45) is 10.9 Å². The monoisotopic (exact) mass is 300 g/mol. The van der Waals surface area contributed by atoms with E-state index in [4.69, 9.17) is 10.9 Å². The Hall–Kier alpha value is -1.98. The average Bonchev–Trinajstić information content (AvgIpc) is 3.00. The predicted molar refractivity (Wildman–Crippen MR) is 84.9 cm³/mol. The highest BCUT2D eigenvalue weighted by Crippen LogP contribution is 2.36. The first-order chi connectivity index (χ1) is 9.79. The van der Waals surface area contributed by atoms with Crippen molar-refractivity contribution in [1.29, 1.82) is 0 Å². The number of nitrogens with zero attached hydrogens (tertiary/aromatic N) is 1. The zero-order valence-corrected chi connectivity index (χ0v) is 12.1. The van der Waals surface area contributed by atoms with E-state index in [1.165, 1.54) is 4.21 Å². The van der Waals surface area contributed by atoms with Gasteiger partial charge in [-0.1, -0.05) is 47.2 Å². The minimum Gasteiger partial charge on any atom is -0.409 e. The zero-order valence-electron chi connectivity index (χ0n) is 10.5. The SMILES string of the molecule is N/C(=N/O)c1ccc(Sc2cccs2)c2ccccc12. The molecule has 3 aromatic rings. The van der Waals surface area contributed by atoms with E-state index in [1.807, 2.05) is 36.4 Å². The van der Waals surface area contributed by atoms with Crippen LogP contribution in [0, 0.1) is 0 Å². The minimum atomic E-state index is 0.133. The number of amidine groups is 1. The predicted octanol–water partition coefficient (Wildman–Crippen LogP) is 4.15. The van der Waals surface area contributed by atoms with Crippen molar-refractivity contribution >= 4 is 39.7 Å². The van der Waals surface area contributed by atoms with E-state index in [0.29, 0.717) is 0 Å². The van der Waals surface area contributed by atoms with Gasteiger partial charge in [-0.05, 0) is 34.4 Å². The minimum absolute atomic E-state index is 0.133. The molecule has 0 radical (unpaired) electrons. The first-order valence-corrected chi connectivity index (χ1v) is 7.70. The van der Waals surface area contributed by atoms with Crippen molar-refractivity contribution in [1.82, 2.24) is 0 Å². The number of hydrogen-bond donors (Lipinski definition) is 2. The zero-order chi connectivity index (χ0) is 13.9. The van der Waals surface area contributed by atoms with Gasteiger partial charge in [-0.25, -0.2) is 0 Å². The first-order valence-electron chi connectivity index (χ1n) is 6.00. The van der Waals surface area contributed by atoms with Crippen LogP contribution in [0.2, 0.25) is 0 Å². The number of thiophene rings is 1. The fraction of sp³-hybridized carbons (Fsp3) is 0. The maximum absolute atomic E-state index is 8.88. The van der Waals surface area contributed by atoms with Crippen LogP contribution in [0.15, 0.2) is 68.2 Å². The quantitative estimate of drug-likeness (QED) is 0.331. The fourth-order valence-electron chi connectivity index (χ4n) is 2.07. The summed E-state index contributed by atoms with van der Waals surface area (Å²) < 4.78 is 1.24. The third-order valence-corrected chi connectivity index (χ3v) is 5.09. The Bertz CT molecular complexity index is 767. The van der Waals surface area contributed by atoms with Crippen LogP contribution in [0.1, 0.15) is 5.56 Å². The summed E-state index contributed by atoms with van der Waals surface area (Å²) in [5.41, 5.74) is 6.49. The van der Waals surface area contributed by atoms with Crippen LogP contribution in [0.3, 0.4) is 0 Å². The lowest BCUT2D eigenvalue weighted by atomic mass is 10.0. The standard InChI is InChI=1S/C15H12N2OS2/c16-15(17-18)12-7-8-13(20-14-6-3-9-19-14)11-5-2-1-4-10(11)12/h1-9,18H,(H2,16,17). The number of nitrogens with two attached hydrogens (primary N) is 1. The van der Waals surface area contributed by atoms with Crippen LogP contribution in [-0.4, -0.2) is 11.0 Å². The molecule has 0 bridgehead atoms. The lowest BCUT2D eigenvalue weighted by Crippen LogP contribution is -2.13. The Balaban J connectivity index is 2.16. The van der Waals surface area contributed by atoms with Crippen molar-refractivity contribution < 1.29 is 5.21 Å². The Morgan fingerprint density at radius 3 is 2.55 bits per heavy atom. The van der Waals surface area contributed by atoms with Gasteiger partial charge in [0, 0.05) is 10.5 Å². The Morgan fingerprint density at radius 1 is 1.05 bits per heavy atom. The van der Waals surface area contributed by atoms with E-state index < -0.39 is 0 Å². The highest BCUT2D eigenvalue weighted by atomic mass is 32.2. The molecule has 5 heteroatoms. The number of oxime groups is 1. The van der Waals surface area contributed by atoms with Crippen LogP contribution in [0.5, 0.6) is 0 Å². The number of rotatable bonds is 3. The molecular formula is C15H12N2OS2. The molecule has 3 nitrogen and oxygen atoms in total. The van der Waals surface area contributed by atoms with Gasteiger partial charge in [0.2, 0.25) is 0 Å². The van der Waals surface area contributed by atoms with Crippen molar-refractivity contribution in [2.75, 3.05) is 0 Å². The van der Waals surface area contributed by atoms with Crippen molar-refractivity contribution in [3.05, 3.63) is 59.5 Å². The summed E-state index contributed by atoms with van der Waals surface area (Å²) in [5, 5.41) is 16.1. The summed E-state index contributed by atoms with van der Waals surface area (Å²) >= 11 is 3.44. The molecule has 0 saturated heterocycles. The lowest BCUT2D eigenvalue weighted by molar-refractivity contribution is 0.318. The van der Waals surface area contributed by atoms with Gasteiger partial charge in [0.05, 0.1) is 4.21 Å². The highest BCUT2D eigenvalue weighted by Gasteiger charge is 2.10. The van der Waals surface area contributed by atoms with E-state index in [2.05, 4.69) is 22.7 Å². The van der Waals surface area contributed by atoms with Gasteiger partial charge in [-0.2, -0.15) is 0 Å². The van der Waals surface area contributed by atoms with Crippen LogP contribution in [-0.2, 0) is 0 Å². The summed E-state index contributed by atoms with van der Waals surface area (Å²) in [6.45, 7) is 0. The fourth-order valence-corrected chi connectivity index (χ4v) is 3.93. The molecule has 0 spiro atoms. The van der Waals surface area contributed by atoms with Crippen molar-refractivity contribution in [2.45, 2.75) is 9.10 Å². The molecule has 0 fully saturated rings. The molecule has 0 unspecified atom stereocenters. The third-order valence-electron chi connectivity index (χ3n) is 2.97. The van der Waals surface area contributed by atoms with Crippen LogP contribution in [0.4, 0.5) is 0 Å². The van der Waals surface area contributed by atoms with E-state index >= 15 is 0 Å². The second kappa shape index (κ2) is 5.56. The van der Waals surface area contributed by atoms with Crippen molar-refractivity contribution in [3.8, 4) is 0 Å². The van der Waals surface area contributed by atoms with Gasteiger partial charge >= 0.3 is 0 Å². The van der Waals surface area contributed by atoms with Gasteiger partial charge in [0.15, 0.2) is 5.84 Å². The van der Waals surface area contributed by atoms with Crippen LogP contribution >= 0.6 is 23.1 Å². The summed E-state index contributed by atoms with van der Waals surface area (Å²) in [5.74, 6) is 0.133. The molecule has 0 aliphatic carbocycles. The third kappa shape index (κ3) is 2.37. The number of hydrogen-bond acceptors (Lipinski definition) is 4. The first kappa shape index (κ1) is 13.0. The van der Waals surface area contributed by atoms with Gasteiger partial charge in [-0.15, -0.1) is 11.3 Å². The second-order valence-corrected chi connectivity index (χ2v) is 6.47. The highest BCUT2D eigenvalue weighted by molar-refractivity contribution is 8.01. The summed E-state index contributed by atoms with van der Waals surface area (Å²) in [4.78, 5) is 1.16. The molecular weight excluding hydrogens is 288 g/mol. The molecule has 0 saturated carbocycles. The maximum Gasteiger partial charge on any atom is 0.170 e. The topological polar surface area (TPSA) is 58.6 Å². The molecule has 0 aliphatic heterocycles. The molecule has 3 rings (SSSR count). The molecule has 0 amide bonds. The summed E-state index contributed by atoms with van der Waals surface area (Å²) in [6, 6.07) is 16.0. The summed E-state index contributed by atoms with van der Waals surface area (Å²) in [7, 11) is 0. The summed E-state index contributed by atoms with van der Waals surface area (Å²) in [6.07, 6.45) is 0. The van der Waals surface area contributed by atoms with Crippen LogP contribution in [0.25, 0.3) is 10.8 Å². The normalized spacial score (nSPS) is 11.9. The van der Waals surface area contributed by atoms with Crippen molar-refractivity contribution in [3.63, 3.8) is 0 Å². The Kier molecular flexibility index (Phi) is 3.62. The Labute approximate surface area is 124 Å². The van der Waals surface area contributed by atoms with E-state index in [9.17, 15) is 0 Å². The molecule has 0 aliphatic rings. The van der Waals surface area contributed by atoms with Gasteiger partial charge < -0.3 is 10.9 Å². The van der Waals surface area contributed by atoms with Gasteiger partial charge in [-0.3, -0.25) is 0 Å². The van der Waals surface area contributed by atoms with Gasteiger partial charge in [0.25, 0.3) is 0 Å². The van der Waals surface area contributed by atoms with E-state index in [1.54, 1.807) is 23.1 Å². The molecule has 0 atom stereocenters. The second-order valence-electron chi connectivity index (χ2n) is 4.18. The largest absolute Gasteiger partial charge is 0.409 e. The molecule has 1 heterocycles. The Morgan fingerprint density at radius 2 is 1.85 bits per heavy atom. The average molecular weight is 300 g/mol. The molecule has 2 aromatic carbocycles. The molecule has 100 valence electrons. The number of fused-ring (bicyclic) bond motifs is 1. The molecule has 1 aromatic heterocycles. The smallest absolute Gasteiger partial charge is 0.170 e. The molecule has 3 N–H and O–H groups in total. The van der Waals surface area contributed by atoms with Crippen LogP contribution < -0.4 is 5.73 Å². The number of benzene rings is 2. The van der Waals surface area contributed by atoms with E-state index in [0.717, 1.165) is 21.2 Å².